The van der Waals surface area contributed by atoms with Crippen molar-refractivity contribution in [3.05, 3.63) is 35.3 Å². The highest BCUT2D eigenvalue weighted by molar-refractivity contribution is 7.14. The molecule has 3 heteroatoms. The number of nitrogens with two attached hydrogens (primary N) is 1. The molecule has 0 aliphatic carbocycles. The van der Waals surface area contributed by atoms with Crippen LogP contribution in [0.2, 0.25) is 0 Å². The van der Waals surface area contributed by atoms with Crippen LogP contribution >= 0.6 is 11.3 Å². The van der Waals surface area contributed by atoms with Gasteiger partial charge in [-0.25, -0.2) is 4.98 Å². The smallest absolute Gasteiger partial charge is 0.114 e. The fourth-order valence-corrected chi connectivity index (χ4v) is 2.06. The molecule has 2 nitrogen and oxygen atoms in total. The van der Waals surface area contributed by atoms with Gasteiger partial charge in [-0.2, -0.15) is 0 Å². The number of nitrogen functional groups attached to an aromatic ring is 1. The Morgan fingerprint density at radius 1 is 1.36 bits per heavy atom. The van der Waals surface area contributed by atoms with Crippen LogP contribution in [-0.2, 0) is 6.42 Å². The van der Waals surface area contributed by atoms with Crippen molar-refractivity contribution in [2.75, 3.05) is 5.73 Å². The standard InChI is InChI=1S/C11H12N2S/c1-2-8-5-3-4-6-9(8)10-11(12)14-7-13-10/h3-7H,2,12H2,1H3. The SMILES string of the molecule is CCc1ccccc1-c1ncsc1N. The summed E-state index contributed by atoms with van der Waals surface area (Å²) in [5, 5.41) is 0.797. The van der Waals surface area contributed by atoms with Crippen molar-refractivity contribution < 1.29 is 0 Å². The molecular formula is C11H12N2S. The Morgan fingerprint density at radius 2 is 2.14 bits per heavy atom. The Kier molecular flexibility index (Phi) is 2.50. The van der Waals surface area contributed by atoms with Crippen LogP contribution in [0, 0.1) is 0 Å². The fraction of sp³-hybridized carbons (Fsp3) is 0.182. The van der Waals surface area contributed by atoms with Crippen molar-refractivity contribution in [2.45, 2.75) is 13.3 Å². The Balaban J connectivity index is 2.56. The summed E-state index contributed by atoms with van der Waals surface area (Å²) < 4.78 is 0. The molecule has 1 aromatic carbocycles. The first-order valence-corrected chi connectivity index (χ1v) is 5.48. The molecule has 2 rings (SSSR count). The Morgan fingerprint density at radius 3 is 2.79 bits per heavy atom. The van der Waals surface area contributed by atoms with Gasteiger partial charge in [0.15, 0.2) is 0 Å². The van der Waals surface area contributed by atoms with Crippen LogP contribution in [-0.4, -0.2) is 4.98 Å². The number of hydrogen-bond donors (Lipinski definition) is 1. The predicted octanol–water partition coefficient (Wildman–Crippen LogP) is 2.95. The lowest BCUT2D eigenvalue weighted by Crippen LogP contribution is -1.90. The van der Waals surface area contributed by atoms with Gasteiger partial charge >= 0.3 is 0 Å². The van der Waals surface area contributed by atoms with Gasteiger partial charge in [0.25, 0.3) is 0 Å². The number of thiazole rings is 1. The van der Waals surface area contributed by atoms with E-state index in [1.54, 1.807) is 5.51 Å². The third-order valence-corrected chi connectivity index (χ3v) is 2.91. The monoisotopic (exact) mass is 204 g/mol. The molecule has 0 spiro atoms. The van der Waals surface area contributed by atoms with E-state index in [1.165, 1.54) is 16.9 Å². The topological polar surface area (TPSA) is 38.9 Å². The number of anilines is 1. The van der Waals surface area contributed by atoms with E-state index in [0.717, 1.165) is 22.7 Å². The van der Waals surface area contributed by atoms with Crippen molar-refractivity contribution in [1.29, 1.82) is 0 Å². The normalized spacial score (nSPS) is 10.4. The van der Waals surface area contributed by atoms with E-state index in [0.29, 0.717) is 0 Å². The van der Waals surface area contributed by atoms with Crippen LogP contribution in [0.25, 0.3) is 11.3 Å². The summed E-state index contributed by atoms with van der Waals surface area (Å²) in [5.74, 6) is 0. The van der Waals surface area contributed by atoms with Gasteiger partial charge in [-0.1, -0.05) is 31.2 Å². The highest BCUT2D eigenvalue weighted by Crippen LogP contribution is 2.30. The maximum Gasteiger partial charge on any atom is 0.114 e. The van der Waals surface area contributed by atoms with Crippen molar-refractivity contribution in [3.8, 4) is 11.3 Å². The summed E-state index contributed by atoms with van der Waals surface area (Å²) in [5.41, 5.74) is 11.0. The van der Waals surface area contributed by atoms with Gasteiger partial charge in [-0.05, 0) is 12.0 Å². The largest absolute Gasteiger partial charge is 0.389 e. The van der Waals surface area contributed by atoms with Gasteiger partial charge in [-0.3, -0.25) is 0 Å². The third-order valence-electron chi connectivity index (χ3n) is 2.25. The number of benzene rings is 1. The Labute approximate surface area is 87.4 Å². The molecular weight excluding hydrogens is 192 g/mol. The van der Waals surface area contributed by atoms with Crippen molar-refractivity contribution >= 4 is 16.3 Å². The van der Waals surface area contributed by atoms with E-state index in [9.17, 15) is 0 Å². The maximum atomic E-state index is 5.85. The van der Waals surface area contributed by atoms with Crippen LogP contribution in [0.15, 0.2) is 29.8 Å². The van der Waals surface area contributed by atoms with Gasteiger partial charge in [-0.15, -0.1) is 11.3 Å². The second-order valence-corrected chi connectivity index (χ2v) is 3.96. The Bertz CT molecular complexity index is 434. The molecule has 0 saturated heterocycles. The molecule has 0 aliphatic heterocycles. The maximum absolute atomic E-state index is 5.85. The summed E-state index contributed by atoms with van der Waals surface area (Å²) in [6.45, 7) is 2.14. The van der Waals surface area contributed by atoms with Crippen LogP contribution in [0.4, 0.5) is 5.00 Å². The lowest BCUT2D eigenvalue weighted by Gasteiger charge is -2.04. The quantitative estimate of drug-likeness (QED) is 0.816. The second kappa shape index (κ2) is 3.80. The molecule has 0 unspecified atom stereocenters. The molecule has 0 amide bonds. The van der Waals surface area contributed by atoms with E-state index in [-0.39, 0.29) is 0 Å². The third kappa shape index (κ3) is 1.51. The van der Waals surface area contributed by atoms with E-state index in [2.05, 4.69) is 24.0 Å². The van der Waals surface area contributed by atoms with Crippen LogP contribution in [0.3, 0.4) is 0 Å². The summed E-state index contributed by atoms with van der Waals surface area (Å²) in [6.07, 6.45) is 1.01. The van der Waals surface area contributed by atoms with Gasteiger partial charge < -0.3 is 5.73 Å². The average Bonchev–Trinajstić information content (AvgIpc) is 2.64. The van der Waals surface area contributed by atoms with E-state index < -0.39 is 0 Å². The van der Waals surface area contributed by atoms with Crippen LogP contribution in [0.1, 0.15) is 12.5 Å². The van der Waals surface area contributed by atoms with Crippen molar-refractivity contribution in [2.24, 2.45) is 0 Å². The number of aryl methyl sites for hydroxylation is 1. The molecule has 2 N–H and O–H groups in total. The van der Waals surface area contributed by atoms with E-state index in [4.69, 9.17) is 5.73 Å². The molecule has 0 fully saturated rings. The molecule has 0 radical (unpaired) electrons. The molecule has 14 heavy (non-hydrogen) atoms. The minimum atomic E-state index is 0.797. The van der Waals surface area contributed by atoms with Crippen LogP contribution in [0.5, 0.6) is 0 Å². The summed E-state index contributed by atoms with van der Waals surface area (Å²) in [6, 6.07) is 8.26. The zero-order valence-corrected chi connectivity index (χ0v) is 8.84. The Hall–Kier alpha value is -1.35. The number of hydrogen-bond acceptors (Lipinski definition) is 3. The molecule has 1 aromatic heterocycles. The first-order chi connectivity index (χ1) is 6.83. The summed E-state index contributed by atoms with van der Waals surface area (Å²) in [4.78, 5) is 4.29. The molecule has 0 saturated carbocycles. The fourth-order valence-electron chi connectivity index (χ4n) is 1.52. The first-order valence-electron chi connectivity index (χ1n) is 4.60. The number of nitrogens with zero attached hydrogens (tertiary/aromatic N) is 1. The molecule has 2 aromatic rings. The van der Waals surface area contributed by atoms with Gasteiger partial charge in [0.1, 0.15) is 10.7 Å². The minimum absolute atomic E-state index is 0.797. The predicted molar refractivity (Wildman–Crippen MR) is 61.3 cm³/mol. The van der Waals surface area contributed by atoms with Crippen molar-refractivity contribution in [1.82, 2.24) is 4.98 Å². The molecule has 1 heterocycles. The second-order valence-electron chi connectivity index (χ2n) is 3.08. The lowest BCUT2D eigenvalue weighted by atomic mass is 10.0. The van der Waals surface area contributed by atoms with E-state index >= 15 is 0 Å². The summed E-state index contributed by atoms with van der Waals surface area (Å²) in [7, 11) is 0. The lowest BCUT2D eigenvalue weighted by molar-refractivity contribution is 1.14. The van der Waals surface area contributed by atoms with Crippen molar-refractivity contribution in [3.63, 3.8) is 0 Å². The highest BCUT2D eigenvalue weighted by Gasteiger charge is 2.08. The molecule has 0 aliphatic rings. The van der Waals surface area contributed by atoms with Gasteiger partial charge in [0.2, 0.25) is 0 Å². The highest BCUT2D eigenvalue weighted by atomic mass is 32.1. The van der Waals surface area contributed by atoms with E-state index in [1.807, 2.05) is 12.1 Å². The zero-order valence-electron chi connectivity index (χ0n) is 8.03. The summed E-state index contributed by atoms with van der Waals surface area (Å²) >= 11 is 1.49. The molecule has 0 bridgehead atoms. The first kappa shape index (κ1) is 9.21. The number of aromatic nitrogens is 1. The van der Waals surface area contributed by atoms with Gasteiger partial charge in [0, 0.05) is 5.56 Å². The molecule has 0 atom stereocenters. The zero-order chi connectivity index (χ0) is 9.97. The minimum Gasteiger partial charge on any atom is -0.389 e. The molecule has 72 valence electrons. The number of rotatable bonds is 2. The van der Waals surface area contributed by atoms with Crippen LogP contribution < -0.4 is 5.73 Å². The average molecular weight is 204 g/mol. The van der Waals surface area contributed by atoms with Gasteiger partial charge in [0.05, 0.1) is 5.51 Å².